The average molecular weight is 1210 g/mol. The molecule has 6 heterocycles. The van der Waals surface area contributed by atoms with Crippen molar-refractivity contribution in [3.05, 3.63) is 23.8 Å². The van der Waals surface area contributed by atoms with Gasteiger partial charge in [-0.25, -0.2) is 4.18 Å². The van der Waals surface area contributed by atoms with Crippen LogP contribution in [0.3, 0.4) is 0 Å². The first-order valence-electron chi connectivity index (χ1n) is 28.5. The number of aliphatic hydroxyl groups is 11. The molecule has 0 aromatic carbocycles. The molecule has 12 N–H and O–H groups in total. The Balaban J connectivity index is 0.924. The SMILES string of the molecule is C=C(C)[C@H]1C2C[C@@]3(C)C4=CCC5C(C)(C)C(OC6OCC(OS(=O)(=O)O)C(O)C6OC6OC(C)C(OC7OC(CO)C(O)C(OC8OCC(O)C(OC)C8O)C7O)C(O)C6OC6OC(CO)C(O)C(O)C6O)CC[C@]5(C)C4CC[C@]13C(=O)O2. The van der Waals surface area contributed by atoms with Crippen LogP contribution >= 0.6 is 0 Å². The van der Waals surface area contributed by atoms with Gasteiger partial charge in [0.2, 0.25) is 0 Å². The highest BCUT2D eigenvalue weighted by molar-refractivity contribution is 7.80. The molecule has 31 atom stereocenters. The van der Waals surface area contributed by atoms with E-state index in [1.807, 2.05) is 6.92 Å². The smallest absolute Gasteiger partial charge is 0.397 e. The van der Waals surface area contributed by atoms with Gasteiger partial charge in [0.15, 0.2) is 31.5 Å². The maximum absolute atomic E-state index is 13.8. The topological polar surface area (TPSA) is 414 Å². The van der Waals surface area contributed by atoms with Gasteiger partial charge >= 0.3 is 16.4 Å². The predicted molar refractivity (Wildman–Crippen MR) is 274 cm³/mol. The molecule has 6 saturated heterocycles. The Kier molecular flexibility index (Phi) is 18.3. The van der Waals surface area contributed by atoms with Crippen LogP contribution in [0.2, 0.25) is 0 Å². The van der Waals surface area contributed by atoms with Gasteiger partial charge in [0.25, 0.3) is 0 Å². The van der Waals surface area contributed by atoms with Crippen molar-refractivity contribution in [2.45, 2.75) is 234 Å². The lowest BCUT2D eigenvalue weighted by atomic mass is 9.40. The summed E-state index contributed by atoms with van der Waals surface area (Å²) in [4.78, 5) is 13.8. The Morgan fingerprint density at radius 1 is 0.687 bits per heavy atom. The second kappa shape index (κ2) is 23.7. The Labute approximate surface area is 480 Å². The molecule has 27 unspecified atom stereocenters. The van der Waals surface area contributed by atoms with Crippen LogP contribution in [-0.2, 0) is 76.2 Å². The Bertz CT molecular complexity index is 2490. The molecule has 28 nitrogen and oxygen atoms in total. The van der Waals surface area contributed by atoms with Gasteiger partial charge in [-0.15, -0.1) is 0 Å². The summed E-state index contributed by atoms with van der Waals surface area (Å²) < 4.78 is 111. The Morgan fingerprint density at radius 3 is 1.94 bits per heavy atom. The van der Waals surface area contributed by atoms with Gasteiger partial charge in [-0.3, -0.25) is 9.35 Å². The fourth-order valence-corrected chi connectivity index (χ4v) is 16.9. The van der Waals surface area contributed by atoms with E-state index in [-0.39, 0.29) is 41.8 Å². The lowest BCUT2D eigenvalue weighted by Gasteiger charge is -2.64. The molecule has 0 aromatic heterocycles. The molecule has 9 fully saturated rings. The van der Waals surface area contributed by atoms with E-state index in [0.717, 1.165) is 12.0 Å². The molecule has 2 bridgehead atoms. The largest absolute Gasteiger partial charge is 0.461 e. The zero-order chi connectivity index (χ0) is 60.4. The summed E-state index contributed by atoms with van der Waals surface area (Å²) in [5.74, 6) is -0.120. The minimum absolute atomic E-state index is 0.00861. The molecule has 4 aliphatic carbocycles. The van der Waals surface area contributed by atoms with Gasteiger partial charge in [0.05, 0.1) is 44.1 Å². The molecule has 1 spiro atoms. The van der Waals surface area contributed by atoms with Crippen molar-refractivity contribution in [2.75, 3.05) is 33.5 Å². The highest BCUT2D eigenvalue weighted by Gasteiger charge is 2.76. The third-order valence-corrected chi connectivity index (χ3v) is 21.1. The van der Waals surface area contributed by atoms with E-state index in [1.54, 1.807) is 0 Å². The summed E-state index contributed by atoms with van der Waals surface area (Å²) in [6.45, 7) is 13.5. The molecule has 29 heteroatoms. The van der Waals surface area contributed by atoms with E-state index in [9.17, 15) is 73.9 Å². The molecule has 474 valence electrons. The second-order valence-corrected chi connectivity index (χ2v) is 26.6. The Morgan fingerprint density at radius 2 is 1.29 bits per heavy atom. The number of carbonyl (C=O) groups is 1. The van der Waals surface area contributed by atoms with Crippen LogP contribution < -0.4 is 0 Å². The third-order valence-electron chi connectivity index (χ3n) is 20.6. The van der Waals surface area contributed by atoms with Gasteiger partial charge in [0, 0.05) is 18.4 Å². The predicted octanol–water partition coefficient (Wildman–Crippen LogP) is -3.05. The average Bonchev–Trinajstić information content (AvgIpc) is 1.89. The molecule has 3 saturated carbocycles. The first kappa shape index (κ1) is 63.9. The number of ether oxygens (including phenoxy) is 12. The van der Waals surface area contributed by atoms with Gasteiger partial charge in [-0.05, 0) is 75.0 Å². The zero-order valence-electron chi connectivity index (χ0n) is 47.3. The van der Waals surface area contributed by atoms with Crippen molar-refractivity contribution in [3.63, 3.8) is 0 Å². The number of carbonyl (C=O) groups excluding carboxylic acids is 1. The minimum Gasteiger partial charge on any atom is -0.461 e. The number of hydrogen-bond acceptors (Lipinski definition) is 27. The lowest BCUT2D eigenvalue weighted by molar-refractivity contribution is -0.405. The summed E-state index contributed by atoms with van der Waals surface area (Å²) in [6.07, 6.45) is -35.4. The molecule has 10 rings (SSSR count). The molecule has 0 radical (unpaired) electrons. The van der Waals surface area contributed by atoms with E-state index < -0.39 is 194 Å². The summed E-state index contributed by atoms with van der Waals surface area (Å²) in [7, 11) is -4.04. The van der Waals surface area contributed by atoms with Crippen LogP contribution in [0.5, 0.6) is 0 Å². The van der Waals surface area contributed by atoms with Crippen molar-refractivity contribution in [3.8, 4) is 0 Å². The first-order chi connectivity index (χ1) is 39.0. The number of rotatable bonds is 16. The van der Waals surface area contributed by atoms with Crippen molar-refractivity contribution in [1.82, 2.24) is 0 Å². The minimum atomic E-state index is -5.26. The fourth-order valence-electron chi connectivity index (χ4n) is 16.4. The highest BCUT2D eigenvalue weighted by atomic mass is 32.3. The van der Waals surface area contributed by atoms with Crippen molar-refractivity contribution < 1.29 is 135 Å². The number of aliphatic hydroxyl groups excluding tert-OH is 11. The van der Waals surface area contributed by atoms with Crippen molar-refractivity contribution in [2.24, 2.45) is 39.4 Å². The number of fused-ring (bicyclic) bond motifs is 5. The summed E-state index contributed by atoms with van der Waals surface area (Å²) in [6, 6.07) is 0. The zero-order valence-corrected chi connectivity index (χ0v) is 48.1. The molecular formula is C54H84O28S. The monoisotopic (exact) mass is 1210 g/mol. The fraction of sp³-hybridized carbons (Fsp3) is 0.907. The van der Waals surface area contributed by atoms with E-state index in [2.05, 4.69) is 40.3 Å². The van der Waals surface area contributed by atoms with Gasteiger partial charge in [-0.2, -0.15) is 8.42 Å². The number of hydrogen-bond donors (Lipinski definition) is 12. The van der Waals surface area contributed by atoms with Crippen LogP contribution in [0.15, 0.2) is 23.8 Å². The highest BCUT2D eigenvalue weighted by Crippen LogP contribution is 2.76. The third kappa shape index (κ3) is 10.8. The van der Waals surface area contributed by atoms with Crippen molar-refractivity contribution >= 4 is 16.4 Å². The molecule has 6 aliphatic heterocycles. The molecular weight excluding hydrogens is 1130 g/mol. The van der Waals surface area contributed by atoms with Gasteiger partial charge < -0.3 is 113 Å². The van der Waals surface area contributed by atoms with Crippen LogP contribution in [0.1, 0.15) is 80.1 Å². The number of allylic oxidation sites excluding steroid dienone is 2. The normalized spacial score (nSPS) is 52.4. The summed E-state index contributed by atoms with van der Waals surface area (Å²) in [5, 5.41) is 122. The van der Waals surface area contributed by atoms with E-state index in [1.165, 1.54) is 19.6 Å². The quantitative estimate of drug-likeness (QED) is 0.0415. The molecule has 83 heavy (non-hydrogen) atoms. The van der Waals surface area contributed by atoms with E-state index in [4.69, 9.17) is 61.0 Å². The maximum Gasteiger partial charge on any atom is 0.397 e. The van der Waals surface area contributed by atoms with Crippen molar-refractivity contribution in [1.29, 1.82) is 0 Å². The number of methoxy groups -OCH3 is 1. The number of esters is 1. The summed E-state index contributed by atoms with van der Waals surface area (Å²) in [5.41, 5.74) is 0.167. The maximum atomic E-state index is 13.8. The standard InChI is InChI=1S/C54H84O28S/c1-20(2)31-25-15-53(7)23-9-10-29-51(4,5)30(12-13-52(29,6)22(23)11-14-54(31,53)50(66)76-25)77-48-43(34(60)28(19-72-48)82-83(67,68)69)81-49-44(80-46-36(62)35(61)32(58)26(16-55)74-46)37(63)40(21(3)73-49)78-47-39(65)42(33(59)27(17-56)75-47)79-45-38(64)41(70-8)24(57)18-71-45/h9,21-22,24-49,55-65H,1,10-19H2,2-8H3,(H,67,68,69)/t21?,22?,24?,25?,26?,27?,28?,29?,30?,31-,32?,33?,34?,35?,36?,37?,38?,39?,40?,41?,42?,43?,44?,45?,46?,47?,48?,49?,52+,53-,54+/m0/s1. The molecule has 0 amide bonds. The van der Waals surface area contributed by atoms with Gasteiger partial charge in [0.1, 0.15) is 110 Å². The lowest BCUT2D eigenvalue weighted by Crippen LogP contribution is -2.68. The molecule has 0 aromatic rings. The van der Waals surface area contributed by atoms with Crippen LogP contribution in [0.25, 0.3) is 0 Å². The van der Waals surface area contributed by atoms with Crippen LogP contribution in [0, 0.1) is 39.4 Å². The Hall–Kier alpha value is -2.06. The summed E-state index contributed by atoms with van der Waals surface area (Å²) >= 11 is 0. The first-order valence-corrected chi connectivity index (χ1v) is 29.9. The van der Waals surface area contributed by atoms with Crippen LogP contribution in [-0.4, -0.2) is 262 Å². The van der Waals surface area contributed by atoms with Crippen LogP contribution in [0.4, 0.5) is 0 Å². The molecule has 10 aliphatic rings. The van der Waals surface area contributed by atoms with E-state index >= 15 is 0 Å². The van der Waals surface area contributed by atoms with E-state index in [0.29, 0.717) is 32.1 Å². The second-order valence-electron chi connectivity index (χ2n) is 25.5. The van der Waals surface area contributed by atoms with Gasteiger partial charge in [-0.1, -0.05) is 51.5 Å².